The van der Waals surface area contributed by atoms with Gasteiger partial charge in [-0.05, 0) is 12.8 Å². The molecule has 9 heteroatoms. The lowest BCUT2D eigenvalue weighted by molar-refractivity contribution is -0.870. The zero-order chi connectivity index (χ0) is 53.5. The van der Waals surface area contributed by atoms with Crippen LogP contribution in [-0.2, 0) is 18.4 Å². The Morgan fingerprint density at radius 2 is 0.658 bits per heavy atom. The third kappa shape index (κ3) is 59.0. The number of aliphatic hydroxyl groups excluding tert-OH is 1. The summed E-state index contributed by atoms with van der Waals surface area (Å²) in [5.41, 5.74) is 0. The lowest BCUT2D eigenvalue weighted by Crippen LogP contribution is -2.46. The first kappa shape index (κ1) is 72.5. The van der Waals surface area contributed by atoms with Crippen molar-refractivity contribution in [1.82, 2.24) is 5.32 Å². The molecule has 0 aliphatic heterocycles. The molecule has 0 rings (SSSR count). The molecule has 3 atom stereocenters. The topological polar surface area (TPSA) is 105 Å². The van der Waals surface area contributed by atoms with E-state index in [0.29, 0.717) is 23.9 Å². The minimum atomic E-state index is -4.32. The average molecular weight is 1060 g/mol. The summed E-state index contributed by atoms with van der Waals surface area (Å²) >= 11 is 0. The van der Waals surface area contributed by atoms with Crippen molar-refractivity contribution in [1.29, 1.82) is 0 Å². The summed E-state index contributed by atoms with van der Waals surface area (Å²) in [5.74, 6) is -0.134. The highest BCUT2D eigenvalue weighted by molar-refractivity contribution is 7.47. The van der Waals surface area contributed by atoms with Crippen LogP contribution >= 0.6 is 7.82 Å². The highest BCUT2D eigenvalue weighted by Gasteiger charge is 2.28. The number of nitrogens with one attached hydrogen (secondary N) is 1. The van der Waals surface area contributed by atoms with Gasteiger partial charge in [0.15, 0.2) is 0 Å². The van der Waals surface area contributed by atoms with Crippen molar-refractivity contribution < 1.29 is 32.9 Å². The number of amides is 1. The molecule has 0 fully saturated rings. The van der Waals surface area contributed by atoms with Crippen molar-refractivity contribution >= 4 is 13.7 Å². The Morgan fingerprint density at radius 3 is 0.918 bits per heavy atom. The van der Waals surface area contributed by atoms with Crippen molar-refractivity contribution in [3.8, 4) is 0 Å². The van der Waals surface area contributed by atoms with E-state index in [1.165, 1.54) is 289 Å². The molecule has 73 heavy (non-hydrogen) atoms. The number of unbranched alkanes of at least 4 members (excludes halogenated alkanes) is 49. The molecule has 0 spiro atoms. The number of quaternary nitrogens is 1. The second kappa shape index (κ2) is 56.2. The number of nitrogens with zero attached hydrogens (tertiary/aromatic N) is 1. The third-order valence-corrected chi connectivity index (χ3v) is 16.6. The van der Waals surface area contributed by atoms with E-state index in [1.54, 1.807) is 0 Å². The molecular formula is C64H132N2O6P+. The lowest BCUT2D eigenvalue weighted by atomic mass is 10.0. The summed E-state index contributed by atoms with van der Waals surface area (Å²) in [4.78, 5) is 23.4. The molecule has 0 heterocycles. The van der Waals surface area contributed by atoms with E-state index in [-0.39, 0.29) is 19.1 Å². The molecule has 0 saturated heterocycles. The summed E-state index contributed by atoms with van der Waals surface area (Å²) < 4.78 is 23.8. The van der Waals surface area contributed by atoms with Crippen LogP contribution in [0.25, 0.3) is 0 Å². The normalized spacial score (nSPS) is 13.7. The summed E-state index contributed by atoms with van der Waals surface area (Å²) in [7, 11) is 1.64. The minimum Gasteiger partial charge on any atom is -0.391 e. The van der Waals surface area contributed by atoms with Crippen molar-refractivity contribution in [3.63, 3.8) is 0 Å². The van der Waals surface area contributed by atoms with Gasteiger partial charge in [-0.15, -0.1) is 0 Å². The van der Waals surface area contributed by atoms with E-state index >= 15 is 0 Å². The Morgan fingerprint density at radius 1 is 0.411 bits per heavy atom. The Hall–Kier alpha value is -0.500. The first-order valence-electron chi connectivity index (χ1n) is 32.9. The molecule has 0 radical (unpaired) electrons. The molecule has 0 bridgehead atoms. The quantitative estimate of drug-likeness (QED) is 0.0318. The van der Waals surface area contributed by atoms with E-state index in [9.17, 15) is 19.4 Å². The number of hydrogen-bond donors (Lipinski definition) is 3. The summed E-state index contributed by atoms with van der Waals surface area (Å²) in [5, 5.41) is 14.1. The van der Waals surface area contributed by atoms with E-state index in [0.717, 1.165) is 38.5 Å². The highest BCUT2D eigenvalue weighted by Crippen LogP contribution is 2.43. The molecule has 0 aromatic rings. The molecule has 0 aromatic carbocycles. The van der Waals surface area contributed by atoms with Crippen LogP contribution in [0.1, 0.15) is 354 Å². The zero-order valence-corrected chi connectivity index (χ0v) is 51.1. The monoisotopic (exact) mass is 1060 g/mol. The van der Waals surface area contributed by atoms with Crippen LogP contribution in [0.2, 0.25) is 0 Å². The molecule has 1 amide bonds. The maximum Gasteiger partial charge on any atom is 0.472 e. The molecule has 0 aliphatic rings. The first-order valence-corrected chi connectivity index (χ1v) is 34.4. The van der Waals surface area contributed by atoms with E-state index < -0.39 is 20.0 Å². The Balaban J connectivity index is 3.96. The number of rotatable bonds is 62. The predicted octanol–water partition coefficient (Wildman–Crippen LogP) is 20.4. The van der Waals surface area contributed by atoms with Gasteiger partial charge in [0.25, 0.3) is 0 Å². The SMILES string of the molecule is CCCCCCCCCCCCCCCCCCCCCCCCCCCCCCCCCCC(=O)NC(COP(=O)(O)OCC[N+](C)(C)C)C(O)CCCCCCCCCCCCCCCCCCCCC. The van der Waals surface area contributed by atoms with Gasteiger partial charge in [-0.25, -0.2) is 4.57 Å². The van der Waals surface area contributed by atoms with E-state index in [2.05, 4.69) is 19.2 Å². The fraction of sp³-hybridized carbons (Fsp3) is 0.984. The number of likely N-dealkylation sites (N-methyl/N-ethyl adjacent to an activating group) is 1. The van der Waals surface area contributed by atoms with Crippen molar-refractivity contribution in [3.05, 3.63) is 0 Å². The van der Waals surface area contributed by atoms with E-state index in [1.807, 2.05) is 21.1 Å². The van der Waals surface area contributed by atoms with Gasteiger partial charge in [-0.1, -0.05) is 335 Å². The fourth-order valence-electron chi connectivity index (χ4n) is 10.5. The van der Waals surface area contributed by atoms with Crippen LogP contribution in [0, 0.1) is 0 Å². The Kier molecular flexibility index (Phi) is 55.8. The Labute approximate surface area is 457 Å². The van der Waals surface area contributed by atoms with Crippen LogP contribution in [0.4, 0.5) is 0 Å². The van der Waals surface area contributed by atoms with E-state index in [4.69, 9.17) is 9.05 Å². The molecule has 8 nitrogen and oxygen atoms in total. The number of aliphatic hydroxyl groups is 1. The van der Waals surface area contributed by atoms with Gasteiger partial charge in [-0.2, -0.15) is 0 Å². The number of carbonyl (C=O) groups is 1. The maximum absolute atomic E-state index is 13.0. The van der Waals surface area contributed by atoms with Crippen LogP contribution in [-0.4, -0.2) is 73.4 Å². The van der Waals surface area contributed by atoms with Crippen LogP contribution in [0.3, 0.4) is 0 Å². The molecule has 0 saturated carbocycles. The molecule has 0 aliphatic carbocycles. The van der Waals surface area contributed by atoms with Gasteiger partial charge >= 0.3 is 7.82 Å². The van der Waals surface area contributed by atoms with Crippen LogP contribution in [0.15, 0.2) is 0 Å². The largest absolute Gasteiger partial charge is 0.472 e. The second-order valence-electron chi connectivity index (χ2n) is 24.2. The number of carbonyl (C=O) groups excluding carboxylic acids is 1. The average Bonchev–Trinajstić information content (AvgIpc) is 3.35. The van der Waals surface area contributed by atoms with Crippen LogP contribution in [0.5, 0.6) is 0 Å². The van der Waals surface area contributed by atoms with Crippen molar-refractivity contribution in [2.45, 2.75) is 366 Å². The molecule has 438 valence electrons. The van der Waals surface area contributed by atoms with Gasteiger partial charge in [0.1, 0.15) is 13.2 Å². The lowest BCUT2D eigenvalue weighted by Gasteiger charge is -2.26. The summed E-state index contributed by atoms with van der Waals surface area (Å²) in [6.07, 6.45) is 69.1. The van der Waals surface area contributed by atoms with Gasteiger partial charge in [0.2, 0.25) is 5.91 Å². The molecular weight excluding hydrogens is 924 g/mol. The zero-order valence-electron chi connectivity index (χ0n) is 50.2. The van der Waals surface area contributed by atoms with Crippen LogP contribution < -0.4 is 5.32 Å². The maximum atomic E-state index is 13.0. The highest BCUT2D eigenvalue weighted by atomic mass is 31.2. The first-order chi connectivity index (χ1) is 35.5. The number of phosphoric ester groups is 1. The fourth-order valence-corrected chi connectivity index (χ4v) is 11.2. The van der Waals surface area contributed by atoms with Crippen molar-refractivity contribution in [2.24, 2.45) is 0 Å². The van der Waals surface area contributed by atoms with Gasteiger partial charge in [0.05, 0.1) is 39.9 Å². The van der Waals surface area contributed by atoms with Crippen molar-refractivity contribution in [2.75, 3.05) is 40.9 Å². The number of hydrogen-bond acceptors (Lipinski definition) is 5. The summed E-state index contributed by atoms with van der Waals surface area (Å²) in [6, 6.07) is -0.756. The minimum absolute atomic E-state index is 0.0793. The van der Waals surface area contributed by atoms with Gasteiger partial charge in [0, 0.05) is 6.42 Å². The third-order valence-electron chi connectivity index (χ3n) is 15.6. The van der Waals surface area contributed by atoms with Gasteiger partial charge in [-0.3, -0.25) is 13.8 Å². The Bertz CT molecular complexity index is 1150. The predicted molar refractivity (Wildman–Crippen MR) is 319 cm³/mol. The molecule has 3 unspecified atom stereocenters. The standard InChI is InChI=1S/C64H131N2O6P/c1-6-8-10-12-14-16-18-20-22-24-26-27-28-29-30-31-32-33-34-35-36-37-38-40-42-44-46-48-50-52-54-56-58-64(68)65-62(61-72-73(69,70)71-60-59-66(3,4)5)63(67)57-55-53-51-49-47-45-43-41-39-25-23-21-19-17-15-13-11-9-7-2/h62-63,67H,6-61H2,1-5H3,(H-,65,68,69,70)/p+1. The smallest absolute Gasteiger partial charge is 0.391 e. The van der Waals surface area contributed by atoms with Gasteiger partial charge < -0.3 is 19.8 Å². The molecule has 3 N–H and O–H groups in total. The number of phosphoric acid groups is 1. The molecule has 0 aromatic heterocycles. The summed E-state index contributed by atoms with van der Waals surface area (Å²) in [6.45, 7) is 4.96. The second-order valence-corrected chi connectivity index (χ2v) is 25.7.